The first-order valence-corrected chi connectivity index (χ1v) is 7.61. The third kappa shape index (κ3) is 13.9. The number of rotatable bonds is 4. The molecule has 3 nitrogen and oxygen atoms in total. The minimum absolute atomic E-state index is 0.665. The molecule has 0 atom stereocenters. The van der Waals surface area contributed by atoms with Crippen LogP contribution in [0.25, 0.3) is 0 Å². The summed E-state index contributed by atoms with van der Waals surface area (Å²) in [5.74, 6) is 0. The topological polar surface area (TPSA) is 18.5 Å². The van der Waals surface area contributed by atoms with Gasteiger partial charge in [0.1, 0.15) is 0 Å². The maximum atomic E-state index is 3.11. The lowest BCUT2D eigenvalue weighted by Gasteiger charge is -2.20. The second-order valence-corrected chi connectivity index (χ2v) is 5.04. The summed E-state index contributed by atoms with van der Waals surface area (Å²) in [5.41, 5.74) is 0. The molecule has 1 heterocycles. The Morgan fingerprint density at radius 1 is 1.11 bits per heavy atom. The van der Waals surface area contributed by atoms with Crippen LogP contribution in [-0.4, -0.2) is 63.2 Å². The Labute approximate surface area is 116 Å². The Hall–Kier alpha value is -0.120. The van der Waals surface area contributed by atoms with Crippen LogP contribution in [0.15, 0.2) is 0 Å². The molecule has 0 saturated carbocycles. The third-order valence-electron chi connectivity index (χ3n) is 3.18. The lowest BCUT2D eigenvalue weighted by atomic mass is 10.1. The normalized spacial score (nSPS) is 15.8. The molecule has 0 spiro atoms. The molecular formula is C15H37N3. The van der Waals surface area contributed by atoms with Crippen molar-refractivity contribution in [3.63, 3.8) is 0 Å². The summed E-state index contributed by atoms with van der Waals surface area (Å²) in [6, 6.07) is 0.665. The van der Waals surface area contributed by atoms with Crippen molar-refractivity contribution < 1.29 is 0 Å². The van der Waals surface area contributed by atoms with Crippen LogP contribution in [0.3, 0.4) is 0 Å². The van der Waals surface area contributed by atoms with Gasteiger partial charge in [-0.2, -0.15) is 0 Å². The van der Waals surface area contributed by atoms with E-state index >= 15 is 0 Å². The zero-order valence-corrected chi connectivity index (χ0v) is 13.9. The van der Waals surface area contributed by atoms with Crippen molar-refractivity contribution in [2.75, 3.05) is 47.3 Å². The average Bonchev–Trinajstić information content (AvgIpc) is 2.39. The zero-order chi connectivity index (χ0) is 14.4. The molecule has 0 unspecified atom stereocenters. The number of hydrogen-bond donors (Lipinski definition) is 1. The molecule has 0 aromatic rings. The minimum atomic E-state index is 0.665. The highest BCUT2D eigenvalue weighted by molar-refractivity contribution is 4.58. The van der Waals surface area contributed by atoms with E-state index in [1.54, 1.807) is 0 Å². The van der Waals surface area contributed by atoms with Crippen molar-refractivity contribution in [1.29, 1.82) is 0 Å². The Morgan fingerprint density at radius 3 is 1.89 bits per heavy atom. The Balaban J connectivity index is 0. The van der Waals surface area contributed by atoms with Crippen LogP contribution in [-0.2, 0) is 0 Å². The number of nitrogens with zero attached hydrogens (tertiary/aromatic N) is 2. The predicted molar refractivity (Wildman–Crippen MR) is 84.4 cm³/mol. The molecule has 112 valence electrons. The summed E-state index contributed by atoms with van der Waals surface area (Å²) in [7, 11) is 6.31. The molecule has 0 bridgehead atoms. The maximum absolute atomic E-state index is 3.11. The van der Waals surface area contributed by atoms with Gasteiger partial charge in [0.25, 0.3) is 0 Å². The van der Waals surface area contributed by atoms with Crippen LogP contribution in [0.2, 0.25) is 0 Å². The minimum Gasteiger partial charge on any atom is -0.318 e. The van der Waals surface area contributed by atoms with Crippen LogP contribution >= 0.6 is 0 Å². The molecule has 0 amide bonds. The van der Waals surface area contributed by atoms with Gasteiger partial charge in [-0.25, -0.2) is 0 Å². The zero-order valence-electron chi connectivity index (χ0n) is 13.9. The summed E-state index contributed by atoms with van der Waals surface area (Å²) in [4.78, 5) is 4.71. The lowest BCUT2D eigenvalue weighted by molar-refractivity contribution is 0.276. The van der Waals surface area contributed by atoms with E-state index in [0.29, 0.717) is 6.04 Å². The van der Waals surface area contributed by atoms with Crippen molar-refractivity contribution >= 4 is 0 Å². The fourth-order valence-electron chi connectivity index (χ4n) is 1.60. The number of nitrogens with one attached hydrogen (secondary N) is 1. The van der Waals surface area contributed by atoms with E-state index in [1.807, 2.05) is 20.9 Å². The highest BCUT2D eigenvalue weighted by Gasteiger charge is 2.02. The quantitative estimate of drug-likeness (QED) is 0.837. The summed E-state index contributed by atoms with van der Waals surface area (Å²) in [5, 5.41) is 3.11. The van der Waals surface area contributed by atoms with E-state index in [2.05, 4.69) is 43.1 Å². The molecule has 0 radical (unpaired) electrons. The van der Waals surface area contributed by atoms with E-state index in [1.165, 1.54) is 32.4 Å². The predicted octanol–water partition coefficient (Wildman–Crippen LogP) is 2.67. The second-order valence-electron chi connectivity index (χ2n) is 5.04. The van der Waals surface area contributed by atoms with E-state index in [9.17, 15) is 0 Å². The van der Waals surface area contributed by atoms with E-state index in [0.717, 1.165) is 13.1 Å². The third-order valence-corrected chi connectivity index (χ3v) is 3.18. The van der Waals surface area contributed by atoms with Gasteiger partial charge in [-0.3, -0.25) is 0 Å². The maximum Gasteiger partial charge on any atom is 0.0106 e. The number of hydrogen-bond acceptors (Lipinski definition) is 3. The second kappa shape index (κ2) is 14.9. The van der Waals surface area contributed by atoms with E-state index in [-0.39, 0.29) is 0 Å². The van der Waals surface area contributed by atoms with Crippen LogP contribution < -0.4 is 5.32 Å². The van der Waals surface area contributed by atoms with Crippen molar-refractivity contribution in [1.82, 2.24) is 15.1 Å². The van der Waals surface area contributed by atoms with Gasteiger partial charge < -0.3 is 15.1 Å². The van der Waals surface area contributed by atoms with E-state index in [4.69, 9.17) is 0 Å². The largest absolute Gasteiger partial charge is 0.318 e. The highest BCUT2D eigenvalue weighted by Crippen LogP contribution is 2.04. The van der Waals surface area contributed by atoms with Crippen LogP contribution in [0.1, 0.15) is 47.0 Å². The molecule has 1 N–H and O–H groups in total. The average molecular weight is 259 g/mol. The summed E-state index contributed by atoms with van der Waals surface area (Å²) < 4.78 is 0. The number of piperidine rings is 1. The van der Waals surface area contributed by atoms with Crippen LogP contribution in [0.4, 0.5) is 0 Å². The summed E-state index contributed by atoms with van der Waals surface area (Å²) >= 11 is 0. The molecule has 3 heteroatoms. The molecule has 1 saturated heterocycles. The van der Waals surface area contributed by atoms with Gasteiger partial charge >= 0.3 is 0 Å². The van der Waals surface area contributed by atoms with Crippen molar-refractivity contribution in [3.05, 3.63) is 0 Å². The van der Waals surface area contributed by atoms with Gasteiger partial charge in [0.15, 0.2) is 0 Å². The molecule has 0 aliphatic carbocycles. The van der Waals surface area contributed by atoms with Crippen molar-refractivity contribution in [2.24, 2.45) is 0 Å². The number of likely N-dealkylation sites (tertiary alicyclic amines) is 1. The Morgan fingerprint density at radius 2 is 1.61 bits per heavy atom. The molecule has 18 heavy (non-hydrogen) atoms. The smallest absolute Gasteiger partial charge is 0.0106 e. The van der Waals surface area contributed by atoms with Crippen LogP contribution in [0, 0.1) is 0 Å². The fourth-order valence-corrected chi connectivity index (χ4v) is 1.60. The van der Waals surface area contributed by atoms with Gasteiger partial charge in [0.2, 0.25) is 0 Å². The SMILES string of the molecule is CC.CN1CCCCC1.CNCCN(C)C(C)C. The number of likely N-dealkylation sites (N-methyl/N-ethyl adjacent to an activating group) is 2. The lowest BCUT2D eigenvalue weighted by Crippen LogP contribution is -2.32. The van der Waals surface area contributed by atoms with Gasteiger partial charge in [-0.15, -0.1) is 0 Å². The molecule has 1 aliphatic rings. The first-order valence-electron chi connectivity index (χ1n) is 7.61. The van der Waals surface area contributed by atoms with Gasteiger partial charge in [-0.05, 0) is 60.9 Å². The molecule has 1 rings (SSSR count). The first-order chi connectivity index (χ1) is 8.57. The van der Waals surface area contributed by atoms with Gasteiger partial charge in [0.05, 0.1) is 0 Å². The molecule has 1 aliphatic heterocycles. The van der Waals surface area contributed by atoms with Crippen molar-refractivity contribution in [2.45, 2.75) is 53.0 Å². The molecule has 0 aromatic heterocycles. The Bertz CT molecular complexity index is 143. The molecule has 0 aromatic carbocycles. The van der Waals surface area contributed by atoms with Gasteiger partial charge in [0, 0.05) is 19.1 Å². The highest BCUT2D eigenvalue weighted by atomic mass is 15.1. The fraction of sp³-hybridized carbons (Fsp3) is 1.00. The standard InChI is InChI=1S/C7H18N2.C6H13N.C2H6/c1-7(2)9(4)6-5-8-3;1-7-5-3-2-4-6-7;1-2/h7-8H,5-6H2,1-4H3;2-6H2,1H3;1-2H3. The summed E-state index contributed by atoms with van der Waals surface area (Å²) in [6.07, 6.45) is 4.28. The Kier molecular flexibility index (Phi) is 16.8. The van der Waals surface area contributed by atoms with Crippen LogP contribution in [0.5, 0.6) is 0 Å². The van der Waals surface area contributed by atoms with Gasteiger partial charge in [-0.1, -0.05) is 20.3 Å². The first kappa shape index (κ1) is 20.2. The van der Waals surface area contributed by atoms with E-state index < -0.39 is 0 Å². The summed E-state index contributed by atoms with van der Waals surface area (Å²) in [6.45, 7) is 13.3. The van der Waals surface area contributed by atoms with Crippen molar-refractivity contribution in [3.8, 4) is 0 Å². The monoisotopic (exact) mass is 259 g/mol. The molecule has 1 fully saturated rings. The molecular weight excluding hydrogens is 222 g/mol.